The number of nitrogens with one attached hydrogen (secondary N) is 1. The van der Waals surface area contributed by atoms with Crippen molar-refractivity contribution in [2.45, 2.75) is 25.1 Å². The first kappa shape index (κ1) is 16.6. The van der Waals surface area contributed by atoms with Gasteiger partial charge in [-0.3, -0.25) is 0 Å². The Bertz CT molecular complexity index is 179. The molecule has 0 heterocycles. The van der Waals surface area contributed by atoms with E-state index in [1.807, 2.05) is 0 Å². The van der Waals surface area contributed by atoms with E-state index in [1.54, 1.807) is 7.11 Å². The highest BCUT2D eigenvalue weighted by Gasteiger charge is 2.25. The Balaban J connectivity index is 3.24. The van der Waals surface area contributed by atoms with Gasteiger partial charge in [0.05, 0.1) is 25.9 Å². The highest BCUT2D eigenvalue weighted by atomic mass is 19.4. The zero-order valence-electron chi connectivity index (χ0n) is 9.92. The maximum absolute atomic E-state index is 11.8. The molecule has 17 heavy (non-hydrogen) atoms. The smallest absolute Gasteiger partial charge is 0.389 e. The number of methoxy groups -OCH3 is 1. The maximum Gasteiger partial charge on any atom is 0.389 e. The van der Waals surface area contributed by atoms with E-state index in [9.17, 15) is 18.3 Å². The summed E-state index contributed by atoms with van der Waals surface area (Å²) in [6.07, 6.45) is -5.61. The van der Waals surface area contributed by atoms with Crippen LogP contribution in [0.1, 0.15) is 12.8 Å². The second-order valence-electron chi connectivity index (χ2n) is 3.64. The van der Waals surface area contributed by atoms with Crippen LogP contribution >= 0.6 is 0 Å². The van der Waals surface area contributed by atoms with Gasteiger partial charge in [0.15, 0.2) is 0 Å². The summed E-state index contributed by atoms with van der Waals surface area (Å²) in [6, 6.07) is 0. The van der Waals surface area contributed by atoms with Gasteiger partial charge in [-0.1, -0.05) is 0 Å². The molecule has 0 aromatic carbocycles. The Morgan fingerprint density at radius 2 is 2.00 bits per heavy atom. The summed E-state index contributed by atoms with van der Waals surface area (Å²) in [6.45, 7) is 1.45. The van der Waals surface area contributed by atoms with Crippen LogP contribution in [0.4, 0.5) is 13.2 Å². The van der Waals surface area contributed by atoms with Crippen LogP contribution < -0.4 is 5.32 Å². The van der Waals surface area contributed by atoms with Crippen molar-refractivity contribution in [3.63, 3.8) is 0 Å². The molecule has 7 heteroatoms. The zero-order valence-corrected chi connectivity index (χ0v) is 9.92. The van der Waals surface area contributed by atoms with Gasteiger partial charge in [-0.05, 0) is 13.0 Å². The molecule has 0 spiro atoms. The minimum Gasteiger partial charge on any atom is -0.389 e. The number of hydrogen-bond donors (Lipinski definition) is 2. The first-order valence-corrected chi connectivity index (χ1v) is 5.48. The van der Waals surface area contributed by atoms with Gasteiger partial charge < -0.3 is 19.9 Å². The fourth-order valence-electron chi connectivity index (χ4n) is 1.10. The minimum atomic E-state index is -4.11. The van der Waals surface area contributed by atoms with Crippen molar-refractivity contribution in [2.75, 3.05) is 40.0 Å². The molecule has 0 aromatic heterocycles. The van der Waals surface area contributed by atoms with E-state index in [4.69, 9.17) is 9.47 Å². The molecule has 0 rings (SSSR count). The van der Waals surface area contributed by atoms with Crippen molar-refractivity contribution in [3.05, 3.63) is 0 Å². The molecule has 1 unspecified atom stereocenters. The number of aliphatic hydroxyl groups excluding tert-OH is 1. The number of alkyl halides is 3. The molecule has 0 aliphatic carbocycles. The molecule has 0 fully saturated rings. The third-order valence-corrected chi connectivity index (χ3v) is 1.94. The lowest BCUT2D eigenvalue weighted by atomic mass is 10.3. The predicted molar refractivity (Wildman–Crippen MR) is 56.9 cm³/mol. The third-order valence-electron chi connectivity index (χ3n) is 1.94. The maximum atomic E-state index is 11.8. The fourth-order valence-corrected chi connectivity index (χ4v) is 1.10. The largest absolute Gasteiger partial charge is 0.389 e. The van der Waals surface area contributed by atoms with Crippen LogP contribution in [0.3, 0.4) is 0 Å². The normalized spacial score (nSPS) is 13.9. The summed E-state index contributed by atoms with van der Waals surface area (Å²) in [5.41, 5.74) is 0. The standard InChI is InChI=1S/C10H20F3NO3/c1-16-5-6-17-8-9(15)7-14-4-2-3-10(11,12)13/h9,14-15H,2-8H2,1H3. The SMILES string of the molecule is COCCOCC(O)CNCCCC(F)(F)F. The van der Waals surface area contributed by atoms with Crippen molar-refractivity contribution in [2.24, 2.45) is 0 Å². The molecule has 0 amide bonds. The Morgan fingerprint density at radius 1 is 1.29 bits per heavy atom. The van der Waals surface area contributed by atoms with E-state index in [1.165, 1.54) is 0 Å². The van der Waals surface area contributed by atoms with Crippen LogP contribution in [-0.2, 0) is 9.47 Å². The van der Waals surface area contributed by atoms with Crippen LogP contribution in [0.15, 0.2) is 0 Å². The average molecular weight is 259 g/mol. The van der Waals surface area contributed by atoms with E-state index >= 15 is 0 Å². The molecule has 0 bridgehead atoms. The van der Waals surface area contributed by atoms with E-state index < -0.39 is 18.7 Å². The lowest BCUT2D eigenvalue weighted by Gasteiger charge is -2.12. The first-order chi connectivity index (χ1) is 7.95. The first-order valence-electron chi connectivity index (χ1n) is 5.48. The van der Waals surface area contributed by atoms with E-state index in [0.29, 0.717) is 13.2 Å². The highest BCUT2D eigenvalue weighted by molar-refractivity contribution is 4.59. The fraction of sp³-hybridized carbons (Fsp3) is 1.00. The van der Waals surface area contributed by atoms with Gasteiger partial charge in [0, 0.05) is 20.1 Å². The summed E-state index contributed by atoms with van der Waals surface area (Å²) in [7, 11) is 1.54. The number of halogens is 3. The van der Waals surface area contributed by atoms with Crippen molar-refractivity contribution in [1.29, 1.82) is 0 Å². The van der Waals surface area contributed by atoms with Crippen LogP contribution in [0.5, 0.6) is 0 Å². The van der Waals surface area contributed by atoms with E-state index in [-0.39, 0.29) is 26.1 Å². The topological polar surface area (TPSA) is 50.7 Å². The second-order valence-corrected chi connectivity index (χ2v) is 3.64. The van der Waals surface area contributed by atoms with Crippen molar-refractivity contribution >= 4 is 0 Å². The van der Waals surface area contributed by atoms with Gasteiger partial charge in [-0.15, -0.1) is 0 Å². The number of rotatable bonds is 10. The van der Waals surface area contributed by atoms with E-state index in [0.717, 1.165) is 0 Å². The molecular weight excluding hydrogens is 239 g/mol. The molecule has 0 aliphatic heterocycles. The molecule has 0 aliphatic rings. The Labute approximate surface area is 99.1 Å². The summed E-state index contributed by atoms with van der Waals surface area (Å²) in [5.74, 6) is 0. The Morgan fingerprint density at radius 3 is 2.59 bits per heavy atom. The van der Waals surface area contributed by atoms with Crippen LogP contribution in [0.25, 0.3) is 0 Å². The second kappa shape index (κ2) is 9.64. The van der Waals surface area contributed by atoms with Crippen molar-refractivity contribution in [3.8, 4) is 0 Å². The molecule has 0 aromatic rings. The third kappa shape index (κ3) is 13.6. The van der Waals surface area contributed by atoms with E-state index in [2.05, 4.69) is 5.32 Å². The number of aliphatic hydroxyl groups is 1. The zero-order chi connectivity index (χ0) is 13.1. The molecule has 0 radical (unpaired) electrons. The molecule has 0 saturated carbocycles. The minimum absolute atomic E-state index is 0.0146. The molecule has 2 N–H and O–H groups in total. The summed E-state index contributed by atoms with van der Waals surface area (Å²) in [5, 5.41) is 12.1. The van der Waals surface area contributed by atoms with Crippen molar-refractivity contribution in [1.82, 2.24) is 5.32 Å². The quantitative estimate of drug-likeness (QED) is 0.573. The summed E-state index contributed by atoms with van der Waals surface area (Å²) in [4.78, 5) is 0. The molecule has 1 atom stereocenters. The lowest BCUT2D eigenvalue weighted by Crippen LogP contribution is -2.31. The van der Waals surface area contributed by atoms with Gasteiger partial charge in [0.25, 0.3) is 0 Å². The van der Waals surface area contributed by atoms with Crippen LogP contribution in [0.2, 0.25) is 0 Å². The number of ether oxygens (including phenoxy) is 2. The summed E-state index contributed by atoms with van der Waals surface area (Å²) < 4.78 is 45.1. The highest BCUT2D eigenvalue weighted by Crippen LogP contribution is 2.20. The molecule has 4 nitrogen and oxygen atoms in total. The lowest BCUT2D eigenvalue weighted by molar-refractivity contribution is -0.135. The van der Waals surface area contributed by atoms with Crippen LogP contribution in [-0.4, -0.2) is 57.4 Å². The van der Waals surface area contributed by atoms with Gasteiger partial charge in [0.2, 0.25) is 0 Å². The number of hydrogen-bond acceptors (Lipinski definition) is 4. The van der Waals surface area contributed by atoms with Gasteiger partial charge in [-0.25, -0.2) is 0 Å². The Hall–Kier alpha value is -0.370. The van der Waals surface area contributed by atoms with Gasteiger partial charge >= 0.3 is 6.18 Å². The predicted octanol–water partition coefficient (Wildman–Crippen LogP) is 0.942. The molecular formula is C10H20F3NO3. The summed E-state index contributed by atoms with van der Waals surface area (Å²) >= 11 is 0. The molecule has 0 saturated heterocycles. The average Bonchev–Trinajstić information content (AvgIpc) is 2.22. The molecule has 104 valence electrons. The van der Waals surface area contributed by atoms with Gasteiger partial charge in [0.1, 0.15) is 0 Å². The van der Waals surface area contributed by atoms with Gasteiger partial charge in [-0.2, -0.15) is 13.2 Å². The van der Waals surface area contributed by atoms with Crippen LogP contribution in [0, 0.1) is 0 Å². The monoisotopic (exact) mass is 259 g/mol. The Kier molecular flexibility index (Phi) is 9.43. The van der Waals surface area contributed by atoms with Crippen molar-refractivity contribution < 1.29 is 27.8 Å².